The highest BCUT2D eigenvalue weighted by Gasteiger charge is 2.25. The Balaban J connectivity index is 1.83. The van der Waals surface area contributed by atoms with Crippen molar-refractivity contribution >= 4 is 11.6 Å². The zero-order valence-corrected chi connectivity index (χ0v) is 11.1. The summed E-state index contributed by atoms with van der Waals surface area (Å²) in [5.41, 5.74) is 3.05. The molecule has 1 aromatic carbocycles. The van der Waals surface area contributed by atoms with E-state index in [1.54, 1.807) is 0 Å². The van der Waals surface area contributed by atoms with Gasteiger partial charge < -0.3 is 15.3 Å². The summed E-state index contributed by atoms with van der Waals surface area (Å²) < 4.78 is 0. The van der Waals surface area contributed by atoms with Gasteiger partial charge in [0, 0.05) is 19.6 Å². The molecule has 0 radical (unpaired) electrons. The van der Waals surface area contributed by atoms with Crippen LogP contribution in [0.3, 0.4) is 0 Å². The number of nitrogens with zero attached hydrogens (tertiary/aromatic N) is 1. The first-order chi connectivity index (χ1) is 9.25. The molecule has 1 fully saturated rings. The number of amides is 1. The molecule has 3 rings (SSSR count). The van der Waals surface area contributed by atoms with Crippen molar-refractivity contribution in [2.75, 3.05) is 25.0 Å². The molecular formula is C15H20N2O2. The lowest BCUT2D eigenvalue weighted by Crippen LogP contribution is -2.40. The molecule has 0 unspecified atom stereocenters. The molecule has 102 valence electrons. The average Bonchev–Trinajstić information content (AvgIpc) is 2.47. The Labute approximate surface area is 113 Å². The molecule has 0 saturated carbocycles. The lowest BCUT2D eigenvalue weighted by atomic mass is 9.98. The van der Waals surface area contributed by atoms with Gasteiger partial charge in [0.05, 0.1) is 17.4 Å². The van der Waals surface area contributed by atoms with Crippen LogP contribution in [0.1, 0.15) is 35.2 Å². The Kier molecular flexibility index (Phi) is 3.42. The van der Waals surface area contributed by atoms with E-state index in [0.29, 0.717) is 25.9 Å². The zero-order chi connectivity index (χ0) is 13.2. The van der Waals surface area contributed by atoms with E-state index < -0.39 is 0 Å². The minimum Gasteiger partial charge on any atom is -0.393 e. The van der Waals surface area contributed by atoms with Gasteiger partial charge in [-0.15, -0.1) is 0 Å². The topological polar surface area (TPSA) is 52.6 Å². The second kappa shape index (κ2) is 5.21. The van der Waals surface area contributed by atoms with Crippen molar-refractivity contribution in [3.8, 4) is 0 Å². The first-order valence-electron chi connectivity index (χ1n) is 7.09. The molecule has 2 aliphatic heterocycles. The van der Waals surface area contributed by atoms with Gasteiger partial charge in [-0.1, -0.05) is 12.1 Å². The number of piperidine rings is 1. The van der Waals surface area contributed by atoms with Gasteiger partial charge in [-0.3, -0.25) is 4.79 Å². The number of fused-ring (bicyclic) bond motifs is 1. The highest BCUT2D eigenvalue weighted by Crippen LogP contribution is 2.27. The Morgan fingerprint density at radius 2 is 2.11 bits per heavy atom. The summed E-state index contributed by atoms with van der Waals surface area (Å²) >= 11 is 0. The largest absolute Gasteiger partial charge is 0.393 e. The molecule has 2 aliphatic rings. The van der Waals surface area contributed by atoms with Crippen LogP contribution < -0.4 is 5.32 Å². The fraction of sp³-hybridized carbons (Fsp3) is 0.533. The van der Waals surface area contributed by atoms with Crippen LogP contribution in [0, 0.1) is 0 Å². The van der Waals surface area contributed by atoms with Gasteiger partial charge in [0.1, 0.15) is 0 Å². The maximum Gasteiger partial charge on any atom is 0.255 e. The predicted molar refractivity (Wildman–Crippen MR) is 74.4 cm³/mol. The molecule has 2 N–H and O–H groups in total. The monoisotopic (exact) mass is 260 g/mol. The zero-order valence-electron chi connectivity index (χ0n) is 11.1. The molecule has 1 saturated heterocycles. The molecule has 1 amide bonds. The van der Waals surface area contributed by atoms with Gasteiger partial charge in [0.2, 0.25) is 0 Å². The van der Waals surface area contributed by atoms with Crippen LogP contribution in [-0.4, -0.2) is 41.7 Å². The summed E-state index contributed by atoms with van der Waals surface area (Å²) in [7, 11) is 0. The van der Waals surface area contributed by atoms with E-state index in [4.69, 9.17) is 0 Å². The number of carbonyl (C=O) groups is 1. The number of nitrogens with one attached hydrogen (secondary N) is 1. The fourth-order valence-corrected chi connectivity index (χ4v) is 2.93. The summed E-state index contributed by atoms with van der Waals surface area (Å²) in [4.78, 5) is 14.4. The third-order valence-electron chi connectivity index (χ3n) is 4.06. The number of aryl methyl sites for hydroxylation is 1. The van der Waals surface area contributed by atoms with Gasteiger partial charge in [-0.25, -0.2) is 0 Å². The van der Waals surface area contributed by atoms with E-state index in [1.165, 1.54) is 5.56 Å². The van der Waals surface area contributed by atoms with Crippen LogP contribution >= 0.6 is 0 Å². The highest BCUT2D eigenvalue weighted by molar-refractivity contribution is 6.00. The number of aliphatic hydroxyl groups is 1. The summed E-state index contributed by atoms with van der Waals surface area (Å²) in [5, 5.41) is 12.9. The van der Waals surface area contributed by atoms with Gasteiger partial charge in [0.25, 0.3) is 5.91 Å². The van der Waals surface area contributed by atoms with E-state index in [1.807, 2.05) is 17.0 Å². The molecule has 1 aromatic rings. The Morgan fingerprint density at radius 1 is 1.32 bits per heavy atom. The van der Waals surface area contributed by atoms with Crippen LogP contribution in [0.15, 0.2) is 18.2 Å². The fourth-order valence-electron chi connectivity index (χ4n) is 2.93. The number of anilines is 1. The lowest BCUT2D eigenvalue weighted by Gasteiger charge is -2.31. The van der Waals surface area contributed by atoms with E-state index >= 15 is 0 Å². The molecule has 4 heteroatoms. The maximum absolute atomic E-state index is 12.6. The van der Waals surface area contributed by atoms with Crippen LogP contribution in [0.25, 0.3) is 0 Å². The van der Waals surface area contributed by atoms with Gasteiger partial charge in [0.15, 0.2) is 0 Å². The van der Waals surface area contributed by atoms with Gasteiger partial charge >= 0.3 is 0 Å². The number of benzene rings is 1. The van der Waals surface area contributed by atoms with Crippen molar-refractivity contribution in [3.05, 3.63) is 29.3 Å². The summed E-state index contributed by atoms with van der Waals surface area (Å²) in [6.07, 6.45) is 3.30. The molecule has 0 spiro atoms. The highest BCUT2D eigenvalue weighted by atomic mass is 16.3. The summed E-state index contributed by atoms with van der Waals surface area (Å²) in [6.45, 7) is 2.25. The number of carbonyl (C=O) groups excluding carboxylic acids is 1. The number of rotatable bonds is 1. The minimum absolute atomic E-state index is 0.0955. The summed E-state index contributed by atoms with van der Waals surface area (Å²) in [5.74, 6) is 0.0955. The normalized spacial score (nSPS) is 19.7. The number of hydrogen-bond donors (Lipinski definition) is 2. The standard InChI is InChI=1S/C15H20N2O2/c18-12-6-9-17(10-7-12)15(19)13-5-1-3-11-4-2-8-16-14(11)13/h1,3,5,12,16,18H,2,4,6-10H2. The van der Waals surface area contributed by atoms with Crippen LogP contribution in [0.4, 0.5) is 5.69 Å². The molecule has 0 bridgehead atoms. The Bertz CT molecular complexity index is 479. The van der Waals surface area contributed by atoms with Crippen molar-refractivity contribution in [2.45, 2.75) is 31.8 Å². The van der Waals surface area contributed by atoms with Crippen molar-refractivity contribution in [2.24, 2.45) is 0 Å². The quantitative estimate of drug-likeness (QED) is 0.807. The van der Waals surface area contributed by atoms with Crippen LogP contribution in [-0.2, 0) is 6.42 Å². The lowest BCUT2D eigenvalue weighted by molar-refractivity contribution is 0.0547. The first kappa shape index (κ1) is 12.5. The second-order valence-corrected chi connectivity index (χ2v) is 5.39. The Morgan fingerprint density at radius 3 is 2.89 bits per heavy atom. The maximum atomic E-state index is 12.6. The molecule has 19 heavy (non-hydrogen) atoms. The van der Waals surface area contributed by atoms with Crippen molar-refractivity contribution in [1.29, 1.82) is 0 Å². The van der Waals surface area contributed by atoms with Crippen molar-refractivity contribution < 1.29 is 9.90 Å². The molecule has 0 atom stereocenters. The van der Waals surface area contributed by atoms with Gasteiger partial charge in [-0.05, 0) is 37.3 Å². The average molecular weight is 260 g/mol. The molecular weight excluding hydrogens is 240 g/mol. The van der Waals surface area contributed by atoms with E-state index in [0.717, 1.165) is 30.6 Å². The number of para-hydroxylation sites is 1. The smallest absolute Gasteiger partial charge is 0.255 e. The van der Waals surface area contributed by atoms with Crippen LogP contribution in [0.5, 0.6) is 0 Å². The first-order valence-corrected chi connectivity index (χ1v) is 7.09. The van der Waals surface area contributed by atoms with Crippen LogP contribution in [0.2, 0.25) is 0 Å². The van der Waals surface area contributed by atoms with E-state index in [2.05, 4.69) is 11.4 Å². The third-order valence-corrected chi connectivity index (χ3v) is 4.06. The number of likely N-dealkylation sites (tertiary alicyclic amines) is 1. The summed E-state index contributed by atoms with van der Waals surface area (Å²) in [6, 6.07) is 5.97. The van der Waals surface area contributed by atoms with Crippen molar-refractivity contribution in [1.82, 2.24) is 4.90 Å². The van der Waals surface area contributed by atoms with Crippen molar-refractivity contribution in [3.63, 3.8) is 0 Å². The van der Waals surface area contributed by atoms with E-state index in [-0.39, 0.29) is 12.0 Å². The third kappa shape index (κ3) is 2.45. The van der Waals surface area contributed by atoms with Gasteiger partial charge in [-0.2, -0.15) is 0 Å². The Hall–Kier alpha value is -1.55. The second-order valence-electron chi connectivity index (χ2n) is 5.39. The minimum atomic E-state index is -0.244. The molecule has 4 nitrogen and oxygen atoms in total. The molecule has 0 aliphatic carbocycles. The number of aliphatic hydroxyl groups excluding tert-OH is 1. The molecule has 0 aromatic heterocycles. The predicted octanol–water partition coefficient (Wildman–Crippen LogP) is 1.64. The number of hydrogen-bond acceptors (Lipinski definition) is 3. The molecule has 2 heterocycles. The van der Waals surface area contributed by atoms with E-state index in [9.17, 15) is 9.90 Å². The SMILES string of the molecule is O=C(c1cccc2c1NCCC2)N1CCC(O)CC1.